The van der Waals surface area contributed by atoms with Crippen LogP contribution in [0.5, 0.6) is 5.75 Å². The molecule has 0 aliphatic rings. The summed E-state index contributed by atoms with van der Waals surface area (Å²) in [6, 6.07) is 19.3. The Hall–Kier alpha value is -2.70. The van der Waals surface area contributed by atoms with E-state index in [0.29, 0.717) is 22.9 Å². The molecule has 0 saturated carbocycles. The predicted octanol–water partition coefficient (Wildman–Crippen LogP) is 4.54. The van der Waals surface area contributed by atoms with Crippen molar-refractivity contribution in [3.05, 3.63) is 89.3 Å². The average Bonchev–Trinajstić information content (AvgIpc) is 3.27. The van der Waals surface area contributed by atoms with Crippen molar-refractivity contribution in [2.75, 3.05) is 12.4 Å². The third-order valence-corrected chi connectivity index (χ3v) is 5.49. The Morgan fingerprint density at radius 1 is 1.03 bits per heavy atom. The van der Waals surface area contributed by atoms with Crippen molar-refractivity contribution in [3.63, 3.8) is 0 Å². The maximum absolute atomic E-state index is 12.8. The van der Waals surface area contributed by atoms with Gasteiger partial charge in [0.05, 0.1) is 23.8 Å². The molecule has 0 fully saturated rings. The largest absolute Gasteiger partial charge is 0.484 e. The molecular formula is C23H22ClNO4S. The average molecular weight is 444 g/mol. The van der Waals surface area contributed by atoms with Gasteiger partial charge in [-0.1, -0.05) is 41.9 Å². The molecule has 1 unspecified atom stereocenters. The van der Waals surface area contributed by atoms with E-state index < -0.39 is 6.04 Å². The van der Waals surface area contributed by atoms with Gasteiger partial charge < -0.3 is 14.5 Å². The summed E-state index contributed by atoms with van der Waals surface area (Å²) in [7, 11) is 0. The molecule has 1 aromatic heterocycles. The lowest BCUT2D eigenvalue weighted by Gasteiger charge is -2.18. The standard InChI is InChI=1S/C23H22ClNO4S/c24-18-10-8-17(9-11-18)13-21(22(26)16-30-15-20-7-4-12-28-20)25-23(27)14-29-19-5-2-1-3-6-19/h1-12,21H,13-16H2,(H,25,27). The monoisotopic (exact) mass is 443 g/mol. The van der Waals surface area contributed by atoms with Crippen LogP contribution in [0.4, 0.5) is 0 Å². The van der Waals surface area contributed by atoms with Gasteiger partial charge in [-0.05, 0) is 48.4 Å². The number of hydrogen-bond donors (Lipinski definition) is 1. The molecule has 1 heterocycles. The molecule has 0 spiro atoms. The molecule has 0 bridgehead atoms. The van der Waals surface area contributed by atoms with Gasteiger partial charge in [0.25, 0.3) is 5.91 Å². The molecule has 0 radical (unpaired) electrons. The Bertz CT molecular complexity index is 930. The first-order valence-corrected chi connectivity index (χ1v) is 11.0. The van der Waals surface area contributed by atoms with Crippen molar-refractivity contribution in [3.8, 4) is 5.75 Å². The summed E-state index contributed by atoms with van der Waals surface area (Å²) in [6.07, 6.45) is 1.99. The lowest BCUT2D eigenvalue weighted by Crippen LogP contribution is -2.45. The van der Waals surface area contributed by atoms with Crippen LogP contribution >= 0.6 is 23.4 Å². The van der Waals surface area contributed by atoms with Gasteiger partial charge in [0, 0.05) is 5.02 Å². The van der Waals surface area contributed by atoms with E-state index in [9.17, 15) is 9.59 Å². The number of carbonyl (C=O) groups is 2. The van der Waals surface area contributed by atoms with Crippen molar-refractivity contribution >= 4 is 35.1 Å². The summed E-state index contributed by atoms with van der Waals surface area (Å²) < 4.78 is 10.8. The minimum atomic E-state index is -0.651. The van der Waals surface area contributed by atoms with Crippen LogP contribution in [0.25, 0.3) is 0 Å². The van der Waals surface area contributed by atoms with Crippen molar-refractivity contribution in [2.45, 2.75) is 18.2 Å². The normalized spacial score (nSPS) is 11.6. The van der Waals surface area contributed by atoms with Crippen LogP contribution in [-0.2, 0) is 21.8 Å². The quantitative estimate of drug-likeness (QED) is 0.471. The fourth-order valence-corrected chi connectivity index (χ4v) is 3.75. The van der Waals surface area contributed by atoms with Crippen LogP contribution in [0.15, 0.2) is 77.4 Å². The smallest absolute Gasteiger partial charge is 0.258 e. The zero-order chi connectivity index (χ0) is 21.2. The fraction of sp³-hybridized carbons (Fsp3) is 0.217. The van der Waals surface area contributed by atoms with E-state index in [1.165, 1.54) is 11.8 Å². The summed E-state index contributed by atoms with van der Waals surface area (Å²) in [5, 5.41) is 3.43. The minimum Gasteiger partial charge on any atom is -0.484 e. The topological polar surface area (TPSA) is 68.5 Å². The Kier molecular flexibility index (Phi) is 8.41. The summed E-state index contributed by atoms with van der Waals surface area (Å²) in [4.78, 5) is 25.2. The molecule has 30 heavy (non-hydrogen) atoms. The number of thioether (sulfide) groups is 1. The molecule has 3 rings (SSSR count). The van der Waals surface area contributed by atoms with Crippen LogP contribution < -0.4 is 10.1 Å². The van der Waals surface area contributed by atoms with Crippen molar-refractivity contribution in [2.24, 2.45) is 0 Å². The van der Waals surface area contributed by atoms with E-state index in [1.807, 2.05) is 42.5 Å². The Balaban J connectivity index is 1.57. The van der Waals surface area contributed by atoms with Crippen LogP contribution in [0.2, 0.25) is 5.02 Å². The number of hydrogen-bond acceptors (Lipinski definition) is 5. The van der Waals surface area contributed by atoms with E-state index in [4.69, 9.17) is 20.8 Å². The second-order valence-corrected chi connectivity index (χ2v) is 8.01. The lowest BCUT2D eigenvalue weighted by atomic mass is 10.0. The molecule has 5 nitrogen and oxygen atoms in total. The summed E-state index contributed by atoms with van der Waals surface area (Å²) in [5.41, 5.74) is 0.915. The highest BCUT2D eigenvalue weighted by molar-refractivity contribution is 7.99. The van der Waals surface area contributed by atoms with Crippen LogP contribution in [-0.4, -0.2) is 30.1 Å². The van der Waals surface area contributed by atoms with Gasteiger partial charge in [-0.25, -0.2) is 0 Å². The summed E-state index contributed by atoms with van der Waals surface area (Å²) in [5.74, 6) is 1.86. The zero-order valence-corrected chi connectivity index (χ0v) is 17.8. The number of halogens is 1. The number of rotatable bonds is 11. The molecule has 1 N–H and O–H groups in total. The lowest BCUT2D eigenvalue weighted by molar-refractivity contribution is -0.128. The van der Waals surface area contributed by atoms with Gasteiger partial charge in [0.2, 0.25) is 0 Å². The molecule has 3 aromatic rings. The molecule has 0 aliphatic heterocycles. The zero-order valence-electron chi connectivity index (χ0n) is 16.3. The highest BCUT2D eigenvalue weighted by Gasteiger charge is 2.21. The first kappa shape index (κ1) is 22.0. The third-order valence-electron chi connectivity index (χ3n) is 4.26. The van der Waals surface area contributed by atoms with Gasteiger partial charge in [-0.3, -0.25) is 9.59 Å². The van der Waals surface area contributed by atoms with E-state index in [2.05, 4.69) is 5.32 Å². The second-order valence-electron chi connectivity index (χ2n) is 6.59. The first-order valence-electron chi connectivity index (χ1n) is 9.44. The Morgan fingerprint density at radius 3 is 2.50 bits per heavy atom. The van der Waals surface area contributed by atoms with E-state index in [-0.39, 0.29) is 24.1 Å². The number of nitrogens with one attached hydrogen (secondary N) is 1. The molecule has 7 heteroatoms. The highest BCUT2D eigenvalue weighted by Crippen LogP contribution is 2.16. The highest BCUT2D eigenvalue weighted by atomic mass is 35.5. The van der Waals surface area contributed by atoms with Gasteiger partial charge in [0.15, 0.2) is 12.4 Å². The van der Waals surface area contributed by atoms with Crippen molar-refractivity contribution in [1.82, 2.24) is 5.32 Å². The van der Waals surface area contributed by atoms with E-state index in [0.717, 1.165) is 11.3 Å². The van der Waals surface area contributed by atoms with E-state index >= 15 is 0 Å². The third kappa shape index (κ3) is 7.28. The maximum Gasteiger partial charge on any atom is 0.258 e. The minimum absolute atomic E-state index is 0.0606. The van der Waals surface area contributed by atoms with Gasteiger partial charge in [-0.15, -0.1) is 11.8 Å². The number of ether oxygens (including phenoxy) is 1. The summed E-state index contributed by atoms with van der Waals surface area (Å²) in [6.45, 7) is -0.159. The number of amides is 1. The number of benzene rings is 2. The van der Waals surface area contributed by atoms with E-state index in [1.54, 1.807) is 30.5 Å². The molecule has 1 amide bonds. The molecular weight excluding hydrogens is 422 g/mol. The molecule has 0 saturated heterocycles. The number of carbonyl (C=O) groups excluding carboxylic acids is 2. The number of furan rings is 1. The maximum atomic E-state index is 12.8. The van der Waals surface area contributed by atoms with Gasteiger partial charge in [-0.2, -0.15) is 0 Å². The first-order chi connectivity index (χ1) is 14.6. The molecule has 0 aliphatic carbocycles. The van der Waals surface area contributed by atoms with Gasteiger partial charge >= 0.3 is 0 Å². The molecule has 2 aromatic carbocycles. The van der Waals surface area contributed by atoms with Crippen LogP contribution in [0.3, 0.4) is 0 Å². The van der Waals surface area contributed by atoms with Gasteiger partial charge in [0.1, 0.15) is 11.5 Å². The Morgan fingerprint density at radius 2 is 1.80 bits per heavy atom. The van der Waals surface area contributed by atoms with Crippen LogP contribution in [0.1, 0.15) is 11.3 Å². The SMILES string of the molecule is O=C(COc1ccccc1)NC(Cc1ccc(Cl)cc1)C(=O)CSCc1ccco1. The predicted molar refractivity (Wildman–Crippen MR) is 119 cm³/mol. The van der Waals surface area contributed by atoms with Crippen molar-refractivity contribution in [1.29, 1.82) is 0 Å². The molecule has 156 valence electrons. The van der Waals surface area contributed by atoms with Crippen LogP contribution in [0, 0.1) is 0 Å². The summed E-state index contributed by atoms with van der Waals surface area (Å²) >= 11 is 7.40. The van der Waals surface area contributed by atoms with Crippen molar-refractivity contribution < 1.29 is 18.7 Å². The Labute approximate surface area is 184 Å². The molecule has 1 atom stereocenters. The fourth-order valence-electron chi connectivity index (χ4n) is 2.75. The number of para-hydroxylation sites is 1. The second kappa shape index (κ2) is 11.5. The number of ketones is 1. The number of Topliss-reactive ketones (excluding diaryl/α,β-unsaturated/α-hetero) is 1.